The van der Waals surface area contributed by atoms with Gasteiger partial charge in [0.1, 0.15) is 17.3 Å². The van der Waals surface area contributed by atoms with Crippen molar-refractivity contribution in [3.63, 3.8) is 0 Å². The zero-order valence-electron chi connectivity index (χ0n) is 18.4. The smallest absolute Gasteiger partial charge is 0.309 e. The molecule has 0 bridgehead atoms. The molecule has 1 N–H and O–H groups in total. The largest absolute Gasteiger partial charge is 0.491 e. The predicted octanol–water partition coefficient (Wildman–Crippen LogP) is 4.80. The summed E-state index contributed by atoms with van der Waals surface area (Å²) in [4.78, 5) is 12.4. The van der Waals surface area contributed by atoms with Gasteiger partial charge in [-0.2, -0.15) is 0 Å². The number of carboxylic acid groups (broad SMARTS) is 1. The average molecular weight is 457 g/mol. The topological polar surface area (TPSA) is 65.1 Å². The second kappa shape index (κ2) is 9.42. The summed E-state index contributed by atoms with van der Waals surface area (Å²) >= 11 is 1.71. The second-order valence-electron chi connectivity index (χ2n) is 8.49. The molecule has 0 radical (unpaired) electrons. The fraction of sp³-hybridized carbons (Fsp3) is 0.375. The summed E-state index contributed by atoms with van der Waals surface area (Å²) in [6.45, 7) is 7.93. The van der Waals surface area contributed by atoms with E-state index in [9.17, 15) is 14.3 Å². The first-order chi connectivity index (χ1) is 15.3. The van der Waals surface area contributed by atoms with Crippen LogP contribution in [0.25, 0.3) is 0 Å². The fourth-order valence-corrected chi connectivity index (χ4v) is 5.07. The number of hydrogen-bond donors (Lipinski definition) is 1. The molecule has 2 heterocycles. The summed E-state index contributed by atoms with van der Waals surface area (Å²) in [7, 11) is 0. The molecule has 2 aliphatic heterocycles. The van der Waals surface area contributed by atoms with E-state index in [0.717, 1.165) is 23.7 Å². The molecule has 0 aliphatic carbocycles. The molecule has 0 saturated carbocycles. The third-order valence-corrected chi connectivity index (χ3v) is 6.50. The van der Waals surface area contributed by atoms with Gasteiger partial charge in [0, 0.05) is 29.2 Å². The van der Waals surface area contributed by atoms with Crippen LogP contribution in [0.4, 0.5) is 10.1 Å². The van der Waals surface area contributed by atoms with Crippen molar-refractivity contribution in [3.05, 3.63) is 53.8 Å². The molecule has 0 amide bonds. The Morgan fingerprint density at radius 2 is 2.06 bits per heavy atom. The van der Waals surface area contributed by atoms with E-state index >= 15 is 0 Å². The monoisotopic (exact) mass is 456 g/mol. The van der Waals surface area contributed by atoms with E-state index in [4.69, 9.17) is 4.74 Å². The summed E-state index contributed by atoms with van der Waals surface area (Å²) in [5, 5.41) is 13.7. The number of halogens is 1. The number of hydrazone groups is 1. The van der Waals surface area contributed by atoms with Gasteiger partial charge in [0.2, 0.25) is 5.69 Å². The van der Waals surface area contributed by atoms with Crippen molar-refractivity contribution in [2.24, 2.45) is 16.9 Å². The van der Waals surface area contributed by atoms with Crippen LogP contribution in [0.3, 0.4) is 0 Å². The molecule has 0 spiro atoms. The van der Waals surface area contributed by atoms with Crippen molar-refractivity contribution in [2.75, 3.05) is 13.1 Å². The number of benzene rings is 2. The first-order valence-electron chi connectivity index (χ1n) is 10.7. The molecule has 2 atom stereocenters. The Kier molecular flexibility index (Phi) is 6.62. The van der Waals surface area contributed by atoms with Gasteiger partial charge in [-0.05, 0) is 68.1 Å². The van der Waals surface area contributed by atoms with Crippen molar-refractivity contribution in [1.82, 2.24) is 4.31 Å². The lowest BCUT2D eigenvalue weighted by Crippen LogP contribution is -2.16. The molecule has 168 valence electrons. The lowest BCUT2D eigenvalue weighted by atomic mass is 9.99. The average Bonchev–Trinajstić information content (AvgIpc) is 3.22. The van der Waals surface area contributed by atoms with Gasteiger partial charge >= 0.3 is 5.97 Å². The van der Waals surface area contributed by atoms with Crippen LogP contribution < -0.4 is 4.74 Å². The highest BCUT2D eigenvalue weighted by molar-refractivity contribution is 7.97. The number of carbonyl (C=O) groups is 1. The number of fused-ring (bicyclic) bond motifs is 1. The van der Waals surface area contributed by atoms with Gasteiger partial charge in [-0.15, -0.1) is 0 Å². The van der Waals surface area contributed by atoms with Gasteiger partial charge in [-0.1, -0.05) is 11.6 Å². The van der Waals surface area contributed by atoms with E-state index in [0.29, 0.717) is 22.9 Å². The Bertz CT molecular complexity index is 1070. The minimum atomic E-state index is -0.956. The maximum atomic E-state index is 13.9. The highest BCUT2D eigenvalue weighted by Crippen LogP contribution is 2.34. The summed E-state index contributed by atoms with van der Waals surface area (Å²) in [5.41, 5.74) is 1.72. The van der Waals surface area contributed by atoms with Crippen molar-refractivity contribution in [2.45, 2.75) is 38.2 Å². The molecular weight excluding hydrogens is 429 g/mol. The van der Waals surface area contributed by atoms with E-state index in [-0.39, 0.29) is 24.3 Å². The van der Waals surface area contributed by atoms with E-state index in [1.807, 2.05) is 32.2 Å². The second-order valence-corrected chi connectivity index (χ2v) is 9.66. The minimum absolute atomic E-state index is 0.145. The number of aliphatic carboxylic acids is 1. The maximum Gasteiger partial charge on any atom is 0.309 e. The molecule has 2 aromatic carbocycles. The number of ether oxygens (including phenoxy) is 1. The van der Waals surface area contributed by atoms with Crippen LogP contribution >= 0.6 is 11.9 Å². The van der Waals surface area contributed by atoms with Crippen LogP contribution in [0, 0.1) is 17.7 Å². The van der Waals surface area contributed by atoms with E-state index in [2.05, 4.69) is 28.5 Å². The highest BCUT2D eigenvalue weighted by atomic mass is 32.2. The Labute approximate surface area is 191 Å². The van der Waals surface area contributed by atoms with E-state index in [1.54, 1.807) is 22.7 Å². The SMILES string of the molecule is CC(C)Oc1ccc(SN2CC(/C=[N+]3/N=C(CC(=O)O)c4ccc(F)cc43)[C@H](C)C2)cc1. The van der Waals surface area contributed by atoms with Crippen molar-refractivity contribution in [1.29, 1.82) is 0 Å². The Hall–Kier alpha value is -2.71. The Morgan fingerprint density at radius 1 is 1.31 bits per heavy atom. The minimum Gasteiger partial charge on any atom is -0.491 e. The molecule has 1 unspecified atom stereocenters. The Balaban J connectivity index is 1.48. The van der Waals surface area contributed by atoms with Gasteiger partial charge in [-0.25, -0.2) is 8.70 Å². The van der Waals surface area contributed by atoms with Gasteiger partial charge < -0.3 is 9.84 Å². The molecule has 32 heavy (non-hydrogen) atoms. The first-order valence-corrected chi connectivity index (χ1v) is 11.5. The third-order valence-electron chi connectivity index (χ3n) is 5.46. The van der Waals surface area contributed by atoms with Crippen LogP contribution in [0.15, 0.2) is 52.5 Å². The molecular formula is C24H27FN3O3S+. The van der Waals surface area contributed by atoms with Gasteiger partial charge in [0.25, 0.3) is 0 Å². The van der Waals surface area contributed by atoms with Crippen LogP contribution in [0.5, 0.6) is 5.75 Å². The fourth-order valence-electron chi connectivity index (χ4n) is 3.96. The summed E-state index contributed by atoms with van der Waals surface area (Å²) in [6, 6.07) is 12.5. The highest BCUT2D eigenvalue weighted by Gasteiger charge is 2.36. The van der Waals surface area contributed by atoms with Crippen molar-refractivity contribution in [3.8, 4) is 5.75 Å². The summed E-state index contributed by atoms with van der Waals surface area (Å²) < 4.78 is 23.6. The van der Waals surface area contributed by atoms with Gasteiger partial charge in [0.05, 0.1) is 24.0 Å². The molecule has 0 aromatic heterocycles. The zero-order valence-corrected chi connectivity index (χ0v) is 19.2. The van der Waals surface area contributed by atoms with Gasteiger partial charge in [0.15, 0.2) is 6.21 Å². The Morgan fingerprint density at radius 3 is 2.75 bits per heavy atom. The van der Waals surface area contributed by atoms with Gasteiger partial charge in [-0.3, -0.25) is 4.79 Å². The number of nitrogens with zero attached hydrogens (tertiary/aromatic N) is 3. The van der Waals surface area contributed by atoms with Crippen LogP contribution in [0.2, 0.25) is 0 Å². The van der Waals surface area contributed by atoms with Crippen molar-refractivity contribution < 1.29 is 23.7 Å². The third kappa shape index (κ3) is 5.19. The van der Waals surface area contributed by atoms with Crippen LogP contribution in [-0.2, 0) is 4.79 Å². The van der Waals surface area contributed by atoms with E-state index in [1.165, 1.54) is 12.1 Å². The van der Waals surface area contributed by atoms with Crippen LogP contribution in [-0.4, -0.2) is 51.2 Å². The standard InChI is InChI=1S/C24H26FN3O3S/c1-15(2)31-19-5-7-20(8-6-19)32-27-12-16(3)17(13-27)14-28-23-10-18(25)4-9-21(23)22(26-28)11-24(29)30/h4-10,14-17H,11-13H2,1-3H3/p+1/b28-14+/t16-,17?/m1/s1. The molecule has 6 nitrogen and oxygen atoms in total. The molecule has 8 heteroatoms. The molecule has 1 saturated heterocycles. The number of hydrogen-bond acceptors (Lipinski definition) is 5. The van der Waals surface area contributed by atoms with Crippen molar-refractivity contribution >= 4 is 35.5 Å². The normalized spacial score (nSPS) is 21.8. The predicted molar refractivity (Wildman–Crippen MR) is 123 cm³/mol. The molecule has 2 aliphatic rings. The molecule has 4 rings (SSSR count). The zero-order chi connectivity index (χ0) is 22.8. The maximum absolute atomic E-state index is 13.9. The first kappa shape index (κ1) is 22.5. The van der Waals surface area contributed by atoms with E-state index < -0.39 is 5.97 Å². The quantitative estimate of drug-likeness (QED) is 0.479. The lowest BCUT2D eigenvalue weighted by molar-refractivity contribution is -0.438. The lowest BCUT2D eigenvalue weighted by Gasteiger charge is -2.14. The summed E-state index contributed by atoms with van der Waals surface area (Å²) in [6.07, 6.45) is 1.95. The number of rotatable bonds is 7. The number of carboxylic acids is 1. The van der Waals surface area contributed by atoms with Crippen LogP contribution in [0.1, 0.15) is 32.8 Å². The molecule has 2 aromatic rings. The molecule has 1 fully saturated rings. The summed E-state index contributed by atoms with van der Waals surface area (Å²) in [5.74, 6) is 0.121.